The molecule has 0 aliphatic heterocycles. The number of rotatable bonds is 7. The van der Waals surface area contributed by atoms with Gasteiger partial charge in [0.15, 0.2) is 0 Å². The Kier molecular flexibility index (Phi) is 6.57. The average molecular weight is 411 g/mol. The van der Waals surface area contributed by atoms with E-state index in [1.807, 2.05) is 19.0 Å². The van der Waals surface area contributed by atoms with Crippen molar-refractivity contribution in [1.82, 2.24) is 9.62 Å². The summed E-state index contributed by atoms with van der Waals surface area (Å²) in [6.45, 7) is 2.42. The SMILES string of the molecule is CCc1ccc([C@@H](CNS(=O)(=O)c2ccccc2Br)N(C)C)cc1. The van der Waals surface area contributed by atoms with Gasteiger partial charge in [0.2, 0.25) is 10.0 Å². The van der Waals surface area contributed by atoms with Crippen LogP contribution >= 0.6 is 15.9 Å². The summed E-state index contributed by atoms with van der Waals surface area (Å²) in [4.78, 5) is 2.27. The largest absolute Gasteiger partial charge is 0.301 e. The first-order valence-corrected chi connectivity index (χ1v) is 10.1. The Bertz CT molecular complexity index is 774. The van der Waals surface area contributed by atoms with Crippen molar-refractivity contribution in [3.05, 3.63) is 64.1 Å². The molecule has 1 N–H and O–H groups in total. The number of nitrogens with zero attached hydrogens (tertiary/aromatic N) is 1. The van der Waals surface area contributed by atoms with Crippen molar-refractivity contribution in [2.24, 2.45) is 0 Å². The number of nitrogens with one attached hydrogen (secondary N) is 1. The van der Waals surface area contributed by atoms with E-state index in [0.29, 0.717) is 11.0 Å². The van der Waals surface area contributed by atoms with Gasteiger partial charge in [0.1, 0.15) is 0 Å². The zero-order valence-electron chi connectivity index (χ0n) is 14.2. The number of sulfonamides is 1. The lowest BCUT2D eigenvalue weighted by molar-refractivity contribution is 0.299. The highest BCUT2D eigenvalue weighted by atomic mass is 79.9. The van der Waals surface area contributed by atoms with Gasteiger partial charge in [0, 0.05) is 17.1 Å². The fourth-order valence-electron chi connectivity index (χ4n) is 2.50. The number of hydrogen-bond acceptors (Lipinski definition) is 3. The molecule has 6 heteroatoms. The van der Waals surface area contributed by atoms with Gasteiger partial charge in [-0.3, -0.25) is 0 Å². The minimum Gasteiger partial charge on any atom is -0.301 e. The van der Waals surface area contributed by atoms with E-state index >= 15 is 0 Å². The molecule has 4 nitrogen and oxygen atoms in total. The second-order valence-electron chi connectivity index (χ2n) is 5.86. The van der Waals surface area contributed by atoms with E-state index < -0.39 is 10.0 Å². The maximum Gasteiger partial charge on any atom is 0.241 e. The molecule has 130 valence electrons. The second kappa shape index (κ2) is 8.25. The predicted octanol–water partition coefficient (Wildman–Crippen LogP) is 3.59. The van der Waals surface area contributed by atoms with E-state index in [1.54, 1.807) is 24.3 Å². The van der Waals surface area contributed by atoms with Crippen LogP contribution in [0.2, 0.25) is 0 Å². The zero-order valence-corrected chi connectivity index (χ0v) is 16.6. The zero-order chi connectivity index (χ0) is 17.7. The number of likely N-dealkylation sites (N-methyl/N-ethyl adjacent to an activating group) is 1. The minimum atomic E-state index is -3.56. The van der Waals surface area contributed by atoms with Crippen molar-refractivity contribution in [2.75, 3.05) is 20.6 Å². The van der Waals surface area contributed by atoms with Gasteiger partial charge in [-0.15, -0.1) is 0 Å². The molecule has 1 atom stereocenters. The molecule has 2 rings (SSSR count). The summed E-state index contributed by atoms with van der Waals surface area (Å²) in [6, 6.07) is 15.1. The minimum absolute atomic E-state index is 0.0341. The van der Waals surface area contributed by atoms with E-state index in [4.69, 9.17) is 0 Å². The molecule has 2 aromatic rings. The Morgan fingerprint density at radius 2 is 1.71 bits per heavy atom. The molecular weight excluding hydrogens is 388 g/mol. The van der Waals surface area contributed by atoms with Gasteiger partial charge < -0.3 is 4.90 Å². The summed E-state index contributed by atoms with van der Waals surface area (Å²) < 4.78 is 28.4. The highest BCUT2D eigenvalue weighted by Crippen LogP contribution is 2.23. The van der Waals surface area contributed by atoms with Crippen LogP contribution in [0.1, 0.15) is 24.1 Å². The quantitative estimate of drug-likeness (QED) is 0.758. The molecular formula is C18H23BrN2O2S. The van der Waals surface area contributed by atoms with Crippen molar-refractivity contribution in [1.29, 1.82) is 0 Å². The molecule has 0 amide bonds. The average Bonchev–Trinajstić information content (AvgIpc) is 2.55. The standard InChI is InChI=1S/C18H23BrN2O2S/c1-4-14-9-11-15(12-10-14)17(21(2)3)13-20-24(22,23)18-8-6-5-7-16(18)19/h5-12,17,20H,4,13H2,1-3H3/t17-/m1/s1. The fraction of sp³-hybridized carbons (Fsp3) is 0.333. The summed E-state index contributed by atoms with van der Waals surface area (Å²) in [6.07, 6.45) is 0.988. The monoisotopic (exact) mass is 410 g/mol. The number of benzene rings is 2. The second-order valence-corrected chi connectivity index (χ2v) is 8.45. The van der Waals surface area contributed by atoms with Crippen molar-refractivity contribution in [3.8, 4) is 0 Å². The van der Waals surface area contributed by atoms with Crippen LogP contribution in [0.25, 0.3) is 0 Å². The molecule has 2 aromatic carbocycles. The Morgan fingerprint density at radius 3 is 2.25 bits per heavy atom. The maximum atomic E-state index is 12.6. The van der Waals surface area contributed by atoms with E-state index in [2.05, 4.69) is 51.8 Å². The molecule has 0 aliphatic carbocycles. The normalized spacial score (nSPS) is 13.2. The third-order valence-corrected chi connectivity index (χ3v) is 6.42. The van der Waals surface area contributed by atoms with Crippen LogP contribution in [-0.2, 0) is 16.4 Å². The number of hydrogen-bond donors (Lipinski definition) is 1. The van der Waals surface area contributed by atoms with Crippen LogP contribution < -0.4 is 4.72 Å². The van der Waals surface area contributed by atoms with E-state index in [0.717, 1.165) is 12.0 Å². The first-order chi connectivity index (χ1) is 11.3. The lowest BCUT2D eigenvalue weighted by Crippen LogP contribution is -2.34. The molecule has 0 bridgehead atoms. The lowest BCUT2D eigenvalue weighted by atomic mass is 10.0. The number of aryl methyl sites for hydroxylation is 1. The Balaban J connectivity index is 2.18. The summed E-state index contributed by atoms with van der Waals surface area (Å²) in [5.41, 5.74) is 2.36. The van der Waals surface area contributed by atoms with Crippen LogP contribution in [0.3, 0.4) is 0 Å². The van der Waals surface area contributed by atoms with Gasteiger partial charge >= 0.3 is 0 Å². The van der Waals surface area contributed by atoms with Crippen LogP contribution in [0, 0.1) is 0 Å². The van der Waals surface area contributed by atoms with Crippen LogP contribution in [0.4, 0.5) is 0 Å². The van der Waals surface area contributed by atoms with Crippen LogP contribution in [-0.4, -0.2) is 34.0 Å². The summed E-state index contributed by atoms with van der Waals surface area (Å²) >= 11 is 3.30. The molecule has 0 heterocycles. The molecule has 0 spiro atoms. The molecule has 0 radical (unpaired) electrons. The molecule has 0 fully saturated rings. The topological polar surface area (TPSA) is 49.4 Å². The van der Waals surface area contributed by atoms with Gasteiger partial charge in [-0.2, -0.15) is 0 Å². The lowest BCUT2D eigenvalue weighted by Gasteiger charge is -2.25. The maximum absolute atomic E-state index is 12.6. The van der Waals surface area contributed by atoms with Crippen molar-refractivity contribution in [3.63, 3.8) is 0 Å². The first-order valence-electron chi connectivity index (χ1n) is 7.84. The predicted molar refractivity (Wildman–Crippen MR) is 102 cm³/mol. The molecule has 0 saturated carbocycles. The molecule has 24 heavy (non-hydrogen) atoms. The Labute approximate surface area is 153 Å². The van der Waals surface area contributed by atoms with Gasteiger partial charge in [-0.25, -0.2) is 13.1 Å². The summed E-state index contributed by atoms with van der Waals surface area (Å²) in [5, 5.41) is 0. The highest BCUT2D eigenvalue weighted by Gasteiger charge is 2.21. The third kappa shape index (κ3) is 4.66. The molecule has 0 saturated heterocycles. The molecule has 0 aromatic heterocycles. The van der Waals surface area contributed by atoms with E-state index in [1.165, 1.54) is 5.56 Å². The highest BCUT2D eigenvalue weighted by molar-refractivity contribution is 9.10. The summed E-state index contributed by atoms with van der Waals surface area (Å²) in [5.74, 6) is 0. The smallest absolute Gasteiger partial charge is 0.241 e. The Morgan fingerprint density at radius 1 is 1.08 bits per heavy atom. The van der Waals surface area contributed by atoms with Gasteiger partial charge in [-0.1, -0.05) is 43.3 Å². The van der Waals surface area contributed by atoms with Crippen LogP contribution in [0.15, 0.2) is 57.9 Å². The van der Waals surface area contributed by atoms with E-state index in [9.17, 15) is 8.42 Å². The van der Waals surface area contributed by atoms with Crippen molar-refractivity contribution < 1.29 is 8.42 Å². The third-order valence-electron chi connectivity index (χ3n) is 3.99. The van der Waals surface area contributed by atoms with Gasteiger partial charge in [0.05, 0.1) is 4.90 Å². The van der Waals surface area contributed by atoms with Gasteiger partial charge in [-0.05, 0) is 59.7 Å². The fourth-order valence-corrected chi connectivity index (χ4v) is 4.54. The Hall–Kier alpha value is -1.21. The summed E-state index contributed by atoms with van der Waals surface area (Å²) in [7, 11) is 0.335. The molecule has 0 aliphatic rings. The first kappa shape index (κ1) is 19.1. The number of halogens is 1. The van der Waals surface area contributed by atoms with Gasteiger partial charge in [0.25, 0.3) is 0 Å². The van der Waals surface area contributed by atoms with Crippen molar-refractivity contribution >= 4 is 26.0 Å². The van der Waals surface area contributed by atoms with Crippen LogP contribution in [0.5, 0.6) is 0 Å². The van der Waals surface area contributed by atoms with Crippen molar-refractivity contribution in [2.45, 2.75) is 24.3 Å². The van der Waals surface area contributed by atoms with E-state index in [-0.39, 0.29) is 10.9 Å². The molecule has 0 unspecified atom stereocenters.